The van der Waals surface area contributed by atoms with Gasteiger partial charge in [-0.05, 0) is 20.4 Å². The molecular weight excluding hydrogens is 274 g/mol. The zero-order valence-corrected chi connectivity index (χ0v) is 13.9. The van der Waals surface area contributed by atoms with Crippen molar-refractivity contribution in [1.29, 1.82) is 0 Å². The normalized spacial score (nSPS) is 11.0. The van der Waals surface area contributed by atoms with Crippen LogP contribution in [0.1, 0.15) is 31.3 Å². The van der Waals surface area contributed by atoms with Gasteiger partial charge in [-0.1, -0.05) is 6.92 Å². The number of hydrogen-bond acceptors (Lipinski definition) is 6. The molecule has 0 aliphatic heterocycles. The van der Waals surface area contributed by atoms with Crippen molar-refractivity contribution in [2.45, 2.75) is 33.9 Å². The lowest BCUT2D eigenvalue weighted by atomic mass is 10.3. The Bertz CT molecular complexity index is 371. The molecule has 0 radical (unpaired) electrons. The molecule has 6 heteroatoms. The van der Waals surface area contributed by atoms with Crippen molar-refractivity contribution in [1.82, 2.24) is 10.3 Å². The van der Waals surface area contributed by atoms with Crippen LogP contribution in [0.2, 0.25) is 0 Å². The predicted molar refractivity (Wildman–Crippen MR) is 84.6 cm³/mol. The SMILES string of the molecule is CCNCc1sc(N(CC)CCOCC)nc1COC. The fraction of sp³-hybridized carbons (Fsp3) is 0.786. The van der Waals surface area contributed by atoms with Gasteiger partial charge in [-0.15, -0.1) is 11.3 Å². The van der Waals surface area contributed by atoms with Crippen LogP contribution < -0.4 is 10.2 Å². The van der Waals surface area contributed by atoms with E-state index in [9.17, 15) is 0 Å². The molecule has 5 nitrogen and oxygen atoms in total. The summed E-state index contributed by atoms with van der Waals surface area (Å²) in [6.45, 7) is 12.0. The fourth-order valence-corrected chi connectivity index (χ4v) is 2.96. The smallest absolute Gasteiger partial charge is 0.185 e. The Hall–Kier alpha value is -0.690. The summed E-state index contributed by atoms with van der Waals surface area (Å²) in [5.41, 5.74) is 1.04. The van der Waals surface area contributed by atoms with Gasteiger partial charge in [0.25, 0.3) is 0 Å². The van der Waals surface area contributed by atoms with E-state index in [4.69, 9.17) is 14.5 Å². The van der Waals surface area contributed by atoms with E-state index < -0.39 is 0 Å². The quantitative estimate of drug-likeness (QED) is 0.635. The number of rotatable bonds is 11. The van der Waals surface area contributed by atoms with Crippen LogP contribution in [0.4, 0.5) is 5.13 Å². The first-order valence-electron chi connectivity index (χ1n) is 7.27. The summed E-state index contributed by atoms with van der Waals surface area (Å²) in [5.74, 6) is 0. The van der Waals surface area contributed by atoms with E-state index in [1.54, 1.807) is 18.4 Å². The summed E-state index contributed by atoms with van der Waals surface area (Å²) in [6, 6.07) is 0. The van der Waals surface area contributed by atoms with E-state index in [1.165, 1.54) is 4.88 Å². The zero-order chi connectivity index (χ0) is 14.8. The van der Waals surface area contributed by atoms with Gasteiger partial charge in [0.05, 0.1) is 18.9 Å². The molecule has 1 rings (SSSR count). The number of nitrogens with one attached hydrogen (secondary N) is 1. The number of ether oxygens (including phenoxy) is 2. The van der Waals surface area contributed by atoms with Gasteiger partial charge in [-0.3, -0.25) is 0 Å². The molecule has 0 bridgehead atoms. The highest BCUT2D eigenvalue weighted by Crippen LogP contribution is 2.26. The van der Waals surface area contributed by atoms with Crippen LogP contribution in [0, 0.1) is 0 Å². The van der Waals surface area contributed by atoms with Gasteiger partial charge in [0.2, 0.25) is 0 Å². The number of nitrogens with zero attached hydrogens (tertiary/aromatic N) is 2. The van der Waals surface area contributed by atoms with Gasteiger partial charge in [-0.25, -0.2) is 4.98 Å². The van der Waals surface area contributed by atoms with E-state index in [0.717, 1.165) is 50.2 Å². The van der Waals surface area contributed by atoms with Crippen LogP contribution in [-0.4, -0.2) is 44.9 Å². The molecule has 0 amide bonds. The molecule has 0 aromatic carbocycles. The van der Waals surface area contributed by atoms with E-state index in [2.05, 4.69) is 24.1 Å². The molecule has 0 saturated carbocycles. The average Bonchev–Trinajstić information content (AvgIpc) is 2.85. The van der Waals surface area contributed by atoms with Crippen LogP contribution in [-0.2, 0) is 22.6 Å². The monoisotopic (exact) mass is 301 g/mol. The number of thiazole rings is 1. The number of anilines is 1. The lowest BCUT2D eigenvalue weighted by molar-refractivity contribution is 0.154. The Balaban J connectivity index is 2.75. The second kappa shape index (κ2) is 10.1. The largest absolute Gasteiger partial charge is 0.380 e. The molecule has 0 aliphatic carbocycles. The number of aromatic nitrogens is 1. The van der Waals surface area contributed by atoms with Crippen LogP contribution in [0.25, 0.3) is 0 Å². The van der Waals surface area contributed by atoms with Crippen LogP contribution in [0.5, 0.6) is 0 Å². The Morgan fingerprint density at radius 2 is 2.10 bits per heavy atom. The third-order valence-electron chi connectivity index (χ3n) is 2.95. The van der Waals surface area contributed by atoms with Crippen LogP contribution >= 0.6 is 11.3 Å². The van der Waals surface area contributed by atoms with Crippen molar-refractivity contribution in [2.24, 2.45) is 0 Å². The average molecular weight is 301 g/mol. The second-order valence-electron chi connectivity index (χ2n) is 4.36. The minimum absolute atomic E-state index is 0.570. The van der Waals surface area contributed by atoms with Crippen molar-refractivity contribution in [3.8, 4) is 0 Å². The molecule has 0 atom stereocenters. The summed E-state index contributed by atoms with van der Waals surface area (Å²) in [5, 5.41) is 4.42. The molecule has 0 aliphatic rings. The molecule has 20 heavy (non-hydrogen) atoms. The van der Waals surface area contributed by atoms with Gasteiger partial charge < -0.3 is 19.7 Å². The van der Waals surface area contributed by atoms with Gasteiger partial charge in [0, 0.05) is 38.2 Å². The van der Waals surface area contributed by atoms with Gasteiger partial charge >= 0.3 is 0 Å². The Morgan fingerprint density at radius 1 is 1.30 bits per heavy atom. The molecule has 1 heterocycles. The predicted octanol–water partition coefficient (Wildman–Crippen LogP) is 2.26. The number of methoxy groups -OCH3 is 1. The van der Waals surface area contributed by atoms with E-state index in [1.807, 2.05) is 6.92 Å². The Labute approximate surface area is 126 Å². The summed E-state index contributed by atoms with van der Waals surface area (Å²) in [7, 11) is 1.71. The van der Waals surface area contributed by atoms with Crippen molar-refractivity contribution < 1.29 is 9.47 Å². The Kier molecular flexibility index (Phi) is 8.77. The first-order chi connectivity index (χ1) is 9.76. The van der Waals surface area contributed by atoms with E-state index >= 15 is 0 Å². The van der Waals surface area contributed by atoms with Crippen LogP contribution in [0.3, 0.4) is 0 Å². The van der Waals surface area contributed by atoms with Crippen LogP contribution in [0.15, 0.2) is 0 Å². The first kappa shape index (κ1) is 17.4. The van der Waals surface area contributed by atoms with Gasteiger partial charge in [0.15, 0.2) is 5.13 Å². The maximum atomic E-state index is 5.43. The summed E-state index contributed by atoms with van der Waals surface area (Å²) < 4.78 is 10.7. The molecular formula is C14H27N3O2S. The van der Waals surface area contributed by atoms with E-state index in [-0.39, 0.29) is 0 Å². The maximum Gasteiger partial charge on any atom is 0.185 e. The zero-order valence-electron chi connectivity index (χ0n) is 13.1. The molecule has 0 spiro atoms. The molecule has 1 aromatic rings. The molecule has 0 saturated heterocycles. The molecule has 0 unspecified atom stereocenters. The maximum absolute atomic E-state index is 5.43. The standard InChI is InChI=1S/C14H27N3O2S/c1-5-15-10-13-12(11-18-4)16-14(20-13)17(6-2)8-9-19-7-3/h15H,5-11H2,1-4H3. The van der Waals surface area contributed by atoms with Crippen molar-refractivity contribution in [3.05, 3.63) is 10.6 Å². The fourth-order valence-electron chi connectivity index (χ4n) is 1.84. The first-order valence-corrected chi connectivity index (χ1v) is 8.09. The minimum Gasteiger partial charge on any atom is -0.380 e. The lowest BCUT2D eigenvalue weighted by Crippen LogP contribution is -2.27. The highest BCUT2D eigenvalue weighted by molar-refractivity contribution is 7.15. The molecule has 1 aromatic heterocycles. The van der Waals surface area contributed by atoms with Crippen molar-refractivity contribution >= 4 is 16.5 Å². The third-order valence-corrected chi connectivity index (χ3v) is 4.10. The van der Waals surface area contributed by atoms with Gasteiger partial charge in [0.1, 0.15) is 0 Å². The highest BCUT2D eigenvalue weighted by atomic mass is 32.1. The van der Waals surface area contributed by atoms with E-state index in [0.29, 0.717) is 6.61 Å². The highest BCUT2D eigenvalue weighted by Gasteiger charge is 2.15. The third kappa shape index (κ3) is 5.36. The lowest BCUT2D eigenvalue weighted by Gasteiger charge is -2.19. The molecule has 0 fully saturated rings. The van der Waals surface area contributed by atoms with Crippen molar-refractivity contribution in [2.75, 3.05) is 44.9 Å². The summed E-state index contributed by atoms with van der Waals surface area (Å²) in [6.07, 6.45) is 0. The summed E-state index contributed by atoms with van der Waals surface area (Å²) in [4.78, 5) is 8.25. The second-order valence-corrected chi connectivity index (χ2v) is 5.42. The Morgan fingerprint density at radius 3 is 2.70 bits per heavy atom. The van der Waals surface area contributed by atoms with Crippen molar-refractivity contribution in [3.63, 3.8) is 0 Å². The minimum atomic E-state index is 0.570. The molecule has 116 valence electrons. The topological polar surface area (TPSA) is 46.6 Å². The number of likely N-dealkylation sites (N-methyl/N-ethyl adjacent to an activating group) is 1. The molecule has 1 N–H and O–H groups in total. The summed E-state index contributed by atoms with van der Waals surface area (Å²) >= 11 is 1.75. The van der Waals surface area contributed by atoms with Gasteiger partial charge in [-0.2, -0.15) is 0 Å². The number of hydrogen-bond donors (Lipinski definition) is 1.